The first-order chi connectivity index (χ1) is 14.6. The van der Waals surface area contributed by atoms with Crippen LogP contribution in [0.15, 0.2) is 60.7 Å². The highest BCUT2D eigenvalue weighted by molar-refractivity contribution is 8.00. The van der Waals surface area contributed by atoms with Crippen LogP contribution in [0.5, 0.6) is 0 Å². The summed E-state index contributed by atoms with van der Waals surface area (Å²) in [7, 11) is 0. The van der Waals surface area contributed by atoms with E-state index in [0.29, 0.717) is 24.8 Å². The molecule has 5 nitrogen and oxygen atoms in total. The Bertz CT molecular complexity index is 861. The summed E-state index contributed by atoms with van der Waals surface area (Å²) in [6.07, 6.45) is 2.76. The number of thioether (sulfide) groups is 1. The average molecular weight is 425 g/mol. The third-order valence-electron chi connectivity index (χ3n) is 6.03. The molecule has 2 fully saturated rings. The van der Waals surface area contributed by atoms with E-state index in [9.17, 15) is 9.59 Å². The standard InChI is InChI=1S/C24H28N2O3S/c27-22(28)14-8-7-13-21-23-20(17-30-21)25(15-18-9-3-1-4-10-18)24(29)26(23)16-19-11-5-2-6-12-19/h1-6,9-12,20-21,23H,7-8,13-17H2,(H,27,28)/t20?,21-,23?/m0/s1. The van der Waals surface area contributed by atoms with E-state index in [0.717, 1.165) is 29.7 Å². The number of fused-ring (bicyclic) bond motifs is 1. The molecule has 6 heteroatoms. The van der Waals surface area contributed by atoms with Crippen LogP contribution < -0.4 is 0 Å². The van der Waals surface area contributed by atoms with Crippen molar-refractivity contribution in [3.63, 3.8) is 0 Å². The van der Waals surface area contributed by atoms with Gasteiger partial charge in [0, 0.05) is 30.5 Å². The van der Waals surface area contributed by atoms with E-state index in [-0.39, 0.29) is 24.5 Å². The molecule has 2 heterocycles. The van der Waals surface area contributed by atoms with Gasteiger partial charge in [0.1, 0.15) is 0 Å². The highest BCUT2D eigenvalue weighted by Gasteiger charge is 2.52. The number of carbonyl (C=O) groups excluding carboxylic acids is 1. The fourth-order valence-electron chi connectivity index (χ4n) is 4.58. The van der Waals surface area contributed by atoms with Gasteiger partial charge in [-0.1, -0.05) is 67.1 Å². The van der Waals surface area contributed by atoms with Gasteiger partial charge in [-0.05, 0) is 24.0 Å². The van der Waals surface area contributed by atoms with E-state index < -0.39 is 5.97 Å². The zero-order chi connectivity index (χ0) is 20.9. The Balaban J connectivity index is 1.51. The highest BCUT2D eigenvalue weighted by atomic mass is 32.2. The first-order valence-corrected chi connectivity index (χ1v) is 11.7. The zero-order valence-corrected chi connectivity index (χ0v) is 17.8. The van der Waals surface area contributed by atoms with Gasteiger partial charge in [-0.25, -0.2) is 4.79 Å². The summed E-state index contributed by atoms with van der Waals surface area (Å²) in [6, 6.07) is 20.9. The normalized spacial score (nSPS) is 23.1. The lowest BCUT2D eigenvalue weighted by atomic mass is 10.0. The van der Waals surface area contributed by atoms with Crippen molar-refractivity contribution in [3.8, 4) is 0 Å². The van der Waals surface area contributed by atoms with Crippen molar-refractivity contribution in [2.45, 2.75) is 56.1 Å². The lowest BCUT2D eigenvalue weighted by Crippen LogP contribution is -2.40. The maximum atomic E-state index is 13.5. The number of aliphatic carboxylic acids is 1. The van der Waals surface area contributed by atoms with E-state index >= 15 is 0 Å². The number of hydrogen-bond acceptors (Lipinski definition) is 3. The number of amides is 2. The molecule has 2 aromatic carbocycles. The fourth-order valence-corrected chi connectivity index (χ4v) is 6.26. The van der Waals surface area contributed by atoms with Gasteiger partial charge in [0.25, 0.3) is 0 Å². The van der Waals surface area contributed by atoms with Crippen LogP contribution in [-0.4, -0.2) is 50.0 Å². The van der Waals surface area contributed by atoms with E-state index in [1.54, 1.807) is 0 Å². The van der Waals surface area contributed by atoms with Crippen LogP contribution >= 0.6 is 11.8 Å². The summed E-state index contributed by atoms with van der Waals surface area (Å²) in [6.45, 7) is 1.26. The second kappa shape index (κ2) is 9.56. The summed E-state index contributed by atoms with van der Waals surface area (Å²) < 4.78 is 0. The summed E-state index contributed by atoms with van der Waals surface area (Å²) in [5, 5.41) is 9.27. The number of carboxylic acid groups (broad SMARTS) is 1. The summed E-state index contributed by atoms with van der Waals surface area (Å²) in [5.74, 6) is 0.209. The first-order valence-electron chi connectivity index (χ1n) is 10.6. The SMILES string of the molecule is O=C(O)CCCC[C@@H]1SCC2C1N(Cc1ccccc1)C(=O)N2Cc1ccccc1. The Morgan fingerprint density at radius 1 is 0.933 bits per heavy atom. The van der Waals surface area contributed by atoms with Crippen molar-refractivity contribution in [1.29, 1.82) is 0 Å². The lowest BCUT2D eigenvalue weighted by Gasteiger charge is -2.27. The molecule has 0 bridgehead atoms. The Kier molecular flexibility index (Phi) is 6.62. The Morgan fingerprint density at radius 3 is 2.13 bits per heavy atom. The third kappa shape index (κ3) is 4.64. The van der Waals surface area contributed by atoms with Crippen molar-refractivity contribution < 1.29 is 14.7 Å². The maximum absolute atomic E-state index is 13.5. The van der Waals surface area contributed by atoms with E-state index in [4.69, 9.17) is 5.11 Å². The molecule has 0 aromatic heterocycles. The molecule has 0 radical (unpaired) electrons. The fraction of sp³-hybridized carbons (Fsp3) is 0.417. The highest BCUT2D eigenvalue weighted by Crippen LogP contribution is 2.42. The topological polar surface area (TPSA) is 60.9 Å². The number of hydrogen-bond donors (Lipinski definition) is 1. The van der Waals surface area contributed by atoms with Crippen molar-refractivity contribution >= 4 is 23.8 Å². The molecule has 0 aliphatic carbocycles. The van der Waals surface area contributed by atoms with E-state index in [1.807, 2.05) is 53.1 Å². The number of carbonyl (C=O) groups is 2. The van der Waals surface area contributed by atoms with Crippen LogP contribution in [0.25, 0.3) is 0 Å². The van der Waals surface area contributed by atoms with Gasteiger partial charge < -0.3 is 14.9 Å². The summed E-state index contributed by atoms with van der Waals surface area (Å²) in [5.41, 5.74) is 2.30. The molecule has 4 rings (SSSR count). The van der Waals surface area contributed by atoms with Crippen molar-refractivity contribution in [2.24, 2.45) is 0 Å². The van der Waals surface area contributed by atoms with Crippen LogP contribution in [-0.2, 0) is 17.9 Å². The number of urea groups is 1. The number of benzene rings is 2. The molecule has 2 amide bonds. The third-order valence-corrected chi connectivity index (χ3v) is 7.51. The average Bonchev–Trinajstić information content (AvgIpc) is 3.27. The molecule has 158 valence electrons. The van der Waals surface area contributed by atoms with Gasteiger partial charge in [-0.15, -0.1) is 0 Å². The van der Waals surface area contributed by atoms with Gasteiger partial charge in [0.2, 0.25) is 0 Å². The molecule has 2 saturated heterocycles. The van der Waals surface area contributed by atoms with Gasteiger partial charge >= 0.3 is 12.0 Å². The largest absolute Gasteiger partial charge is 0.481 e. The van der Waals surface area contributed by atoms with Crippen LogP contribution in [0.2, 0.25) is 0 Å². The van der Waals surface area contributed by atoms with Crippen LogP contribution in [0.4, 0.5) is 4.79 Å². The summed E-state index contributed by atoms with van der Waals surface area (Å²) >= 11 is 1.94. The van der Waals surface area contributed by atoms with Crippen LogP contribution in [0, 0.1) is 0 Å². The molecule has 2 aliphatic rings. The molecule has 3 atom stereocenters. The predicted octanol–water partition coefficient (Wildman–Crippen LogP) is 4.62. The Labute approximate surface area is 182 Å². The zero-order valence-electron chi connectivity index (χ0n) is 17.0. The van der Waals surface area contributed by atoms with Crippen molar-refractivity contribution in [1.82, 2.24) is 9.80 Å². The summed E-state index contributed by atoms with van der Waals surface area (Å²) in [4.78, 5) is 28.4. The predicted molar refractivity (Wildman–Crippen MR) is 119 cm³/mol. The molecule has 30 heavy (non-hydrogen) atoms. The Hall–Kier alpha value is -2.47. The van der Waals surface area contributed by atoms with Crippen molar-refractivity contribution in [3.05, 3.63) is 71.8 Å². The molecule has 2 unspecified atom stereocenters. The molecule has 0 spiro atoms. The molecule has 0 saturated carbocycles. The number of carboxylic acids is 1. The van der Waals surface area contributed by atoms with E-state index in [1.165, 1.54) is 0 Å². The minimum Gasteiger partial charge on any atom is -0.481 e. The Morgan fingerprint density at radius 2 is 1.53 bits per heavy atom. The molecule has 2 aliphatic heterocycles. The molecular formula is C24H28N2O3S. The number of rotatable bonds is 9. The van der Waals surface area contributed by atoms with Gasteiger partial charge in [0.05, 0.1) is 12.1 Å². The second-order valence-electron chi connectivity index (χ2n) is 8.08. The molecule has 1 N–H and O–H groups in total. The minimum atomic E-state index is -0.734. The van der Waals surface area contributed by atoms with Gasteiger partial charge in [-0.3, -0.25) is 4.79 Å². The number of nitrogens with zero attached hydrogens (tertiary/aromatic N) is 2. The second-order valence-corrected chi connectivity index (χ2v) is 9.35. The van der Waals surface area contributed by atoms with Crippen molar-refractivity contribution in [2.75, 3.05) is 5.75 Å². The van der Waals surface area contributed by atoms with Gasteiger partial charge in [-0.2, -0.15) is 11.8 Å². The maximum Gasteiger partial charge on any atom is 0.321 e. The molecular weight excluding hydrogens is 396 g/mol. The smallest absolute Gasteiger partial charge is 0.321 e. The van der Waals surface area contributed by atoms with Crippen LogP contribution in [0.1, 0.15) is 36.8 Å². The minimum absolute atomic E-state index is 0.119. The quantitative estimate of drug-likeness (QED) is 0.471. The number of unbranched alkanes of at least 4 members (excludes halogenated alkanes) is 1. The lowest BCUT2D eigenvalue weighted by molar-refractivity contribution is -0.137. The van der Waals surface area contributed by atoms with Gasteiger partial charge in [0.15, 0.2) is 0 Å². The van der Waals surface area contributed by atoms with E-state index in [2.05, 4.69) is 29.2 Å². The first kappa shape index (κ1) is 20.8. The monoisotopic (exact) mass is 424 g/mol. The van der Waals surface area contributed by atoms with Crippen LogP contribution in [0.3, 0.4) is 0 Å². The molecule has 2 aromatic rings.